The smallest absolute Gasteiger partial charge is 0.744 e. The van der Waals surface area contributed by atoms with Gasteiger partial charge in [-0.25, -0.2) is 25.3 Å². The molecule has 15 nitrogen and oxygen atoms in total. The zero-order valence-electron chi connectivity index (χ0n) is 30.3. The van der Waals surface area contributed by atoms with Gasteiger partial charge in [-0.1, -0.05) is 109 Å². The fourth-order valence-corrected chi connectivity index (χ4v) is 9.06. The van der Waals surface area contributed by atoms with Crippen molar-refractivity contribution in [1.29, 1.82) is 0 Å². The predicted octanol–water partition coefficient (Wildman–Crippen LogP) is 4.10. The molecule has 0 saturated carbocycles. The van der Waals surface area contributed by atoms with Crippen molar-refractivity contribution in [2.75, 3.05) is 0 Å². The van der Waals surface area contributed by atoms with E-state index in [1.807, 2.05) is 0 Å². The average molecular weight is 918 g/mol. The van der Waals surface area contributed by atoms with E-state index in [4.69, 9.17) is 0 Å². The number of fused-ring (bicyclic) bond motifs is 6. The Bertz CT molecular complexity index is 2950. The van der Waals surface area contributed by atoms with Gasteiger partial charge in [-0.15, -0.1) is 0 Å². The Labute approximate surface area is 356 Å². The standard InChI is InChI=1S/3C14H8O5S.Fe/c3*15-13-8-4-1-2-5-9(8)14(16)12-10(13)6-3-7-11(12)20(17,18)19;/h3*1-7H,(H,17,18,19);/q;;;+3/p-3. The molecular formula is C42H21FeO15S3. The second-order valence-electron chi connectivity index (χ2n) is 13.0. The van der Waals surface area contributed by atoms with Crippen LogP contribution >= 0.6 is 0 Å². The second-order valence-corrected chi connectivity index (χ2v) is 17.1. The van der Waals surface area contributed by atoms with Gasteiger partial charge in [0.2, 0.25) is 0 Å². The molecule has 6 aromatic carbocycles. The molecule has 9 rings (SSSR count). The number of ketones is 6. The summed E-state index contributed by atoms with van der Waals surface area (Å²) in [6.07, 6.45) is 0. The molecule has 305 valence electrons. The molecular weight excluding hydrogens is 896 g/mol. The normalized spacial score (nSPS) is 13.6. The van der Waals surface area contributed by atoms with Gasteiger partial charge in [-0.05, 0) is 18.2 Å². The molecule has 0 atom stereocenters. The summed E-state index contributed by atoms with van der Waals surface area (Å²) in [5, 5.41) is 0. The fraction of sp³-hybridized carbons (Fsp3) is 0. The SMILES string of the molecule is O=C1c2ccccc2C(=O)c2c1cccc2S(=O)(=O)[O-].O=C1c2ccccc2C(=O)c2c1cccc2S(=O)(=O)[O-].O=C1c2ccccc2C(=O)c2c1cccc2S(=O)(=O)[O-].[Fe+3]. The number of hydrogen-bond acceptors (Lipinski definition) is 15. The summed E-state index contributed by atoms with van der Waals surface area (Å²) in [4.78, 5) is 72.0. The molecule has 1 radical (unpaired) electrons. The van der Waals surface area contributed by atoms with E-state index in [0.717, 1.165) is 18.2 Å². The molecule has 0 heterocycles. The maximum Gasteiger partial charge on any atom is 3.00 e. The molecule has 0 saturated heterocycles. The first kappa shape index (κ1) is 44.1. The summed E-state index contributed by atoms with van der Waals surface area (Å²) in [5.74, 6) is -3.23. The minimum absolute atomic E-state index is 0. The first-order valence-electron chi connectivity index (χ1n) is 17.1. The molecule has 0 fully saturated rings. The van der Waals surface area contributed by atoms with Crippen LogP contribution < -0.4 is 0 Å². The third-order valence-electron chi connectivity index (χ3n) is 9.55. The zero-order valence-corrected chi connectivity index (χ0v) is 33.9. The van der Waals surface area contributed by atoms with Crippen molar-refractivity contribution in [3.63, 3.8) is 0 Å². The van der Waals surface area contributed by atoms with Crippen LogP contribution in [0, 0.1) is 0 Å². The van der Waals surface area contributed by atoms with E-state index in [2.05, 4.69) is 0 Å². The molecule has 3 aliphatic carbocycles. The van der Waals surface area contributed by atoms with Crippen LogP contribution in [0.2, 0.25) is 0 Å². The third kappa shape index (κ3) is 7.87. The summed E-state index contributed by atoms with van der Waals surface area (Å²) >= 11 is 0. The van der Waals surface area contributed by atoms with Crippen LogP contribution in [0.15, 0.2) is 142 Å². The molecule has 61 heavy (non-hydrogen) atoms. The van der Waals surface area contributed by atoms with Crippen LogP contribution in [0.4, 0.5) is 0 Å². The molecule has 3 aliphatic rings. The van der Waals surface area contributed by atoms with Crippen LogP contribution in [0.3, 0.4) is 0 Å². The van der Waals surface area contributed by atoms with Gasteiger partial charge in [0.15, 0.2) is 34.7 Å². The number of rotatable bonds is 3. The quantitative estimate of drug-likeness (QED) is 0.178. The van der Waals surface area contributed by atoms with Crippen LogP contribution in [-0.4, -0.2) is 73.6 Å². The van der Waals surface area contributed by atoms with Crippen LogP contribution in [-0.2, 0) is 47.4 Å². The Hall–Kier alpha value is -6.41. The summed E-state index contributed by atoms with van der Waals surface area (Å²) in [5.41, 5.74) is -0.157. The minimum atomic E-state index is -4.83. The molecule has 0 N–H and O–H groups in total. The molecule has 0 bridgehead atoms. The molecule has 6 aromatic rings. The summed E-state index contributed by atoms with van der Waals surface area (Å²) in [6.45, 7) is 0. The first-order chi connectivity index (χ1) is 28.2. The van der Waals surface area contributed by atoms with Gasteiger partial charge in [0, 0.05) is 50.1 Å². The molecule has 0 aromatic heterocycles. The van der Waals surface area contributed by atoms with Crippen LogP contribution in [0.1, 0.15) is 95.5 Å². The Morgan fingerprint density at radius 2 is 0.443 bits per heavy atom. The maximum absolute atomic E-state index is 12.4. The van der Waals surface area contributed by atoms with Crippen molar-refractivity contribution in [3.8, 4) is 0 Å². The van der Waals surface area contributed by atoms with Crippen LogP contribution in [0.25, 0.3) is 0 Å². The molecule has 0 unspecified atom stereocenters. The van der Waals surface area contributed by atoms with E-state index in [1.54, 1.807) is 36.4 Å². The minimum Gasteiger partial charge on any atom is -0.744 e. The van der Waals surface area contributed by atoms with Crippen molar-refractivity contribution in [1.82, 2.24) is 0 Å². The summed E-state index contributed by atoms with van der Waals surface area (Å²) in [6, 6.07) is 29.4. The van der Waals surface area contributed by atoms with Gasteiger partial charge in [0.25, 0.3) is 0 Å². The second kappa shape index (κ2) is 16.2. The van der Waals surface area contributed by atoms with Gasteiger partial charge in [0.1, 0.15) is 30.4 Å². The summed E-state index contributed by atoms with van der Waals surface area (Å²) in [7, 11) is -14.5. The van der Waals surface area contributed by atoms with Crippen LogP contribution in [0.5, 0.6) is 0 Å². The largest absolute Gasteiger partial charge is 3.00 e. The Morgan fingerprint density at radius 3 is 0.639 bits per heavy atom. The maximum atomic E-state index is 12.4. The number of benzene rings is 6. The van der Waals surface area contributed by atoms with Gasteiger partial charge in [0.05, 0.1) is 31.4 Å². The molecule has 0 amide bonds. The number of hydrogen-bond donors (Lipinski definition) is 0. The van der Waals surface area contributed by atoms with E-state index >= 15 is 0 Å². The third-order valence-corrected chi connectivity index (χ3v) is 12.2. The van der Waals surface area contributed by atoms with Gasteiger partial charge >= 0.3 is 17.1 Å². The van der Waals surface area contributed by atoms with E-state index < -0.39 is 79.7 Å². The fourth-order valence-electron chi connectivity index (χ4n) is 6.97. The molecule has 0 aliphatic heterocycles. The number of carbonyl (C=O) groups is 6. The van der Waals surface area contributed by atoms with Crippen molar-refractivity contribution in [2.24, 2.45) is 0 Å². The van der Waals surface area contributed by atoms with Crippen molar-refractivity contribution >= 4 is 65.1 Å². The van der Waals surface area contributed by atoms with Crippen molar-refractivity contribution in [2.45, 2.75) is 14.7 Å². The van der Waals surface area contributed by atoms with Crippen molar-refractivity contribution in [3.05, 3.63) is 194 Å². The Morgan fingerprint density at radius 1 is 0.262 bits per heavy atom. The van der Waals surface area contributed by atoms with E-state index in [-0.39, 0.29) is 83.8 Å². The first-order valence-corrected chi connectivity index (χ1v) is 21.3. The van der Waals surface area contributed by atoms with E-state index in [1.165, 1.54) is 72.8 Å². The topological polar surface area (TPSA) is 274 Å². The predicted molar refractivity (Wildman–Crippen MR) is 203 cm³/mol. The average Bonchev–Trinajstić information content (AvgIpc) is 3.22. The van der Waals surface area contributed by atoms with E-state index in [0.29, 0.717) is 0 Å². The Balaban J connectivity index is 0.000000152. The monoisotopic (exact) mass is 917 g/mol. The number of carbonyl (C=O) groups excluding carboxylic acids is 6. The van der Waals surface area contributed by atoms with Gasteiger partial charge in [-0.3, -0.25) is 28.8 Å². The molecule has 0 spiro atoms. The van der Waals surface area contributed by atoms with Crippen molar-refractivity contribution < 1.29 is 84.7 Å². The molecule has 19 heteroatoms. The van der Waals surface area contributed by atoms with E-state index in [9.17, 15) is 67.7 Å². The van der Waals surface area contributed by atoms with Gasteiger partial charge < -0.3 is 13.7 Å². The summed E-state index contributed by atoms with van der Waals surface area (Å²) < 4.78 is 101. The zero-order chi connectivity index (χ0) is 43.5. The van der Waals surface area contributed by atoms with Gasteiger partial charge in [-0.2, -0.15) is 0 Å². The Kier molecular flexibility index (Phi) is 11.7.